The number of rotatable bonds is 1. The maximum Gasteiger partial charge on any atom is 0.267 e. The first kappa shape index (κ1) is 16.6. The summed E-state index contributed by atoms with van der Waals surface area (Å²) in [6.45, 7) is 3.63. The van der Waals surface area contributed by atoms with Crippen molar-refractivity contribution in [3.8, 4) is 0 Å². The van der Waals surface area contributed by atoms with Crippen molar-refractivity contribution >= 4 is 63.9 Å². The van der Waals surface area contributed by atoms with Crippen molar-refractivity contribution < 1.29 is 9.59 Å². The lowest BCUT2D eigenvalue weighted by atomic mass is 10.1. The Labute approximate surface area is 152 Å². The molecule has 1 aliphatic rings. The minimum Gasteiger partial charge on any atom is -0.268 e. The van der Waals surface area contributed by atoms with Crippen LogP contribution in [0.5, 0.6) is 0 Å². The molecule has 2 aromatic rings. The number of halogens is 4. The molecule has 0 atom stereocenters. The van der Waals surface area contributed by atoms with Gasteiger partial charge in [-0.15, -0.1) is 0 Å². The molecule has 2 aromatic carbocycles. The summed E-state index contributed by atoms with van der Waals surface area (Å²) in [5.41, 5.74) is 2.04. The van der Waals surface area contributed by atoms with E-state index >= 15 is 0 Å². The lowest BCUT2D eigenvalue weighted by Gasteiger charge is -2.19. The third kappa shape index (κ3) is 2.26. The van der Waals surface area contributed by atoms with Crippen molar-refractivity contribution in [2.45, 2.75) is 13.8 Å². The lowest BCUT2D eigenvalue weighted by molar-refractivity contribution is 0.0926. The van der Waals surface area contributed by atoms with Gasteiger partial charge < -0.3 is 0 Å². The number of hydrogen-bond donors (Lipinski definition) is 0. The van der Waals surface area contributed by atoms with Crippen LogP contribution in [0.4, 0.5) is 5.69 Å². The Bertz CT molecular complexity index is 825. The van der Waals surface area contributed by atoms with Crippen molar-refractivity contribution in [2.24, 2.45) is 0 Å². The molecule has 1 aliphatic heterocycles. The molecule has 0 bridgehead atoms. The van der Waals surface area contributed by atoms with E-state index in [4.69, 9.17) is 46.4 Å². The van der Waals surface area contributed by atoms with Gasteiger partial charge in [0.1, 0.15) is 0 Å². The zero-order chi connectivity index (χ0) is 17.0. The van der Waals surface area contributed by atoms with Crippen LogP contribution in [0.2, 0.25) is 20.1 Å². The quantitative estimate of drug-likeness (QED) is 0.356. The molecule has 3 rings (SSSR count). The SMILES string of the molecule is Cc1cccc(C)c1N1C(=O)c2c(Cl)c(Cl)c(Cl)c(Cl)c2C1=O. The van der Waals surface area contributed by atoms with E-state index in [1.165, 1.54) is 0 Å². The number of aryl methyl sites for hydroxylation is 2. The summed E-state index contributed by atoms with van der Waals surface area (Å²) in [6, 6.07) is 5.48. The number of imide groups is 1. The van der Waals surface area contributed by atoms with Crippen molar-refractivity contribution in [3.63, 3.8) is 0 Å². The normalized spacial score (nSPS) is 13.7. The fourth-order valence-corrected chi connectivity index (χ4v) is 3.72. The molecule has 3 nitrogen and oxygen atoms in total. The minimum absolute atomic E-state index is 0.0151. The Morgan fingerprint density at radius 2 is 1.13 bits per heavy atom. The number of hydrogen-bond acceptors (Lipinski definition) is 2. The molecule has 2 amide bonds. The average Bonchev–Trinajstić information content (AvgIpc) is 2.75. The second-order valence-corrected chi connectivity index (χ2v) is 6.70. The third-order valence-electron chi connectivity index (χ3n) is 3.76. The molecule has 118 valence electrons. The molecule has 0 saturated carbocycles. The topological polar surface area (TPSA) is 37.4 Å². The van der Waals surface area contributed by atoms with E-state index in [1.807, 2.05) is 32.0 Å². The Hall–Kier alpha value is -1.26. The highest BCUT2D eigenvalue weighted by Crippen LogP contribution is 2.46. The van der Waals surface area contributed by atoms with Crippen LogP contribution in [0.15, 0.2) is 18.2 Å². The van der Waals surface area contributed by atoms with E-state index in [1.54, 1.807) is 0 Å². The molecule has 0 spiro atoms. The fraction of sp³-hybridized carbons (Fsp3) is 0.125. The molecule has 1 heterocycles. The molecule has 0 aromatic heterocycles. The Morgan fingerprint density at radius 1 is 0.739 bits per heavy atom. The number of fused-ring (bicyclic) bond motifs is 1. The molecule has 0 saturated heterocycles. The van der Waals surface area contributed by atoms with Gasteiger partial charge in [0.05, 0.1) is 36.9 Å². The fourth-order valence-electron chi connectivity index (χ4n) is 2.71. The van der Waals surface area contributed by atoms with Gasteiger partial charge in [-0.1, -0.05) is 64.6 Å². The number of para-hydroxylation sites is 1. The first-order valence-electron chi connectivity index (χ1n) is 6.58. The highest BCUT2D eigenvalue weighted by molar-refractivity contribution is 6.56. The number of benzene rings is 2. The van der Waals surface area contributed by atoms with Crippen LogP contribution < -0.4 is 4.90 Å². The second-order valence-electron chi connectivity index (χ2n) is 5.19. The summed E-state index contributed by atoms with van der Waals surface area (Å²) in [5, 5.41) is -0.213. The molecular weight excluding hydrogens is 380 g/mol. The standard InChI is InChI=1S/C16H9Cl4NO2/c1-6-4-3-5-7(2)14(6)21-15(22)8-9(16(21)23)11(18)13(20)12(19)10(8)17/h3-5H,1-2H3. The highest BCUT2D eigenvalue weighted by atomic mass is 35.5. The van der Waals surface area contributed by atoms with E-state index < -0.39 is 11.8 Å². The van der Waals surface area contributed by atoms with Gasteiger partial charge in [-0.3, -0.25) is 9.59 Å². The number of nitrogens with zero attached hydrogens (tertiary/aromatic N) is 1. The lowest BCUT2D eigenvalue weighted by Crippen LogP contribution is -2.30. The average molecular weight is 389 g/mol. The predicted octanol–water partition coefficient (Wildman–Crippen LogP) is 5.72. The maximum atomic E-state index is 12.8. The molecule has 0 N–H and O–H groups in total. The summed E-state index contributed by atoms with van der Waals surface area (Å²) in [7, 11) is 0. The van der Waals surface area contributed by atoms with E-state index in [0.717, 1.165) is 16.0 Å². The molecule has 0 unspecified atom stereocenters. The van der Waals surface area contributed by atoms with Gasteiger partial charge in [-0.2, -0.15) is 0 Å². The number of anilines is 1. The summed E-state index contributed by atoms with van der Waals surface area (Å²) in [5.74, 6) is -1.12. The number of amides is 2. The summed E-state index contributed by atoms with van der Waals surface area (Å²) >= 11 is 24.3. The molecular formula is C16H9Cl4NO2. The van der Waals surface area contributed by atoms with Gasteiger partial charge in [0.15, 0.2) is 0 Å². The monoisotopic (exact) mass is 387 g/mol. The Balaban J connectivity index is 2.31. The minimum atomic E-state index is -0.562. The number of carbonyl (C=O) groups excluding carboxylic acids is 2. The molecule has 23 heavy (non-hydrogen) atoms. The van der Waals surface area contributed by atoms with Gasteiger partial charge >= 0.3 is 0 Å². The first-order valence-corrected chi connectivity index (χ1v) is 8.09. The molecule has 7 heteroatoms. The molecule has 0 aliphatic carbocycles. The maximum absolute atomic E-state index is 12.8. The van der Waals surface area contributed by atoms with Crippen LogP contribution in [-0.4, -0.2) is 11.8 Å². The zero-order valence-corrected chi connectivity index (χ0v) is 15.0. The van der Waals surface area contributed by atoms with Crippen LogP contribution in [-0.2, 0) is 0 Å². The summed E-state index contributed by atoms with van der Waals surface area (Å²) in [6.07, 6.45) is 0. The van der Waals surface area contributed by atoms with Gasteiger partial charge in [-0.05, 0) is 25.0 Å². The number of carbonyl (C=O) groups is 2. The highest BCUT2D eigenvalue weighted by Gasteiger charge is 2.43. The summed E-state index contributed by atoms with van der Waals surface area (Å²) in [4.78, 5) is 26.7. The van der Waals surface area contributed by atoms with Crippen molar-refractivity contribution in [1.29, 1.82) is 0 Å². The van der Waals surface area contributed by atoms with E-state index in [9.17, 15) is 9.59 Å². The van der Waals surface area contributed by atoms with Gasteiger partial charge in [0.2, 0.25) is 0 Å². The van der Waals surface area contributed by atoms with E-state index in [2.05, 4.69) is 0 Å². The second kappa shape index (κ2) is 5.67. The van der Waals surface area contributed by atoms with Crippen molar-refractivity contribution in [2.75, 3.05) is 4.90 Å². The third-order valence-corrected chi connectivity index (χ3v) is 5.57. The first-order chi connectivity index (χ1) is 10.8. The van der Waals surface area contributed by atoms with E-state index in [0.29, 0.717) is 5.69 Å². The Kier molecular flexibility index (Phi) is 4.09. The van der Waals surface area contributed by atoms with Crippen LogP contribution in [0.3, 0.4) is 0 Å². The smallest absolute Gasteiger partial charge is 0.267 e. The van der Waals surface area contributed by atoms with Gasteiger partial charge in [0.25, 0.3) is 11.8 Å². The van der Waals surface area contributed by atoms with Crippen molar-refractivity contribution in [1.82, 2.24) is 0 Å². The van der Waals surface area contributed by atoms with Crippen LogP contribution >= 0.6 is 46.4 Å². The van der Waals surface area contributed by atoms with Gasteiger partial charge in [-0.25, -0.2) is 4.90 Å². The van der Waals surface area contributed by atoms with Crippen molar-refractivity contribution in [3.05, 3.63) is 60.5 Å². The van der Waals surface area contributed by atoms with E-state index in [-0.39, 0.29) is 31.2 Å². The predicted molar refractivity (Wildman–Crippen MR) is 93.5 cm³/mol. The van der Waals surface area contributed by atoms with Crippen LogP contribution in [0.1, 0.15) is 31.8 Å². The van der Waals surface area contributed by atoms with Crippen LogP contribution in [0, 0.1) is 13.8 Å². The Morgan fingerprint density at radius 3 is 1.52 bits per heavy atom. The molecule has 0 radical (unpaired) electrons. The molecule has 0 fully saturated rings. The summed E-state index contributed by atoms with van der Waals surface area (Å²) < 4.78 is 0. The van der Waals surface area contributed by atoms with Crippen LogP contribution in [0.25, 0.3) is 0 Å². The zero-order valence-electron chi connectivity index (χ0n) is 12.0. The van der Waals surface area contributed by atoms with Gasteiger partial charge in [0, 0.05) is 0 Å². The largest absolute Gasteiger partial charge is 0.268 e.